The van der Waals surface area contributed by atoms with Crippen molar-refractivity contribution < 1.29 is 27.1 Å². The Morgan fingerprint density at radius 3 is 2.44 bits per heavy atom. The molecule has 0 aliphatic heterocycles. The molecule has 0 amide bonds. The van der Waals surface area contributed by atoms with Crippen LogP contribution >= 0.6 is 0 Å². The highest BCUT2D eigenvalue weighted by Gasteiger charge is 2.37. The summed E-state index contributed by atoms with van der Waals surface area (Å²) in [4.78, 5) is 12.5. The van der Waals surface area contributed by atoms with Crippen LogP contribution in [0.15, 0.2) is 49.1 Å². The molecule has 0 spiro atoms. The van der Waals surface area contributed by atoms with Crippen molar-refractivity contribution in [3.63, 3.8) is 0 Å². The van der Waals surface area contributed by atoms with Gasteiger partial charge < -0.3 is 4.74 Å². The third-order valence-corrected chi connectivity index (χ3v) is 7.84. The maximum atomic E-state index is 15.1. The molecule has 2 aliphatic carbocycles. The van der Waals surface area contributed by atoms with Crippen molar-refractivity contribution in [1.29, 1.82) is 0 Å². The van der Waals surface area contributed by atoms with E-state index in [0.717, 1.165) is 44.6 Å². The van der Waals surface area contributed by atoms with Crippen LogP contribution in [0.25, 0.3) is 0 Å². The minimum atomic E-state index is -1.34. The quantitative estimate of drug-likeness (QED) is 0.165. The van der Waals surface area contributed by atoms with Crippen molar-refractivity contribution in [1.82, 2.24) is 0 Å². The van der Waals surface area contributed by atoms with Gasteiger partial charge in [0, 0.05) is 0 Å². The highest BCUT2D eigenvalue weighted by atomic mass is 19.2. The van der Waals surface area contributed by atoms with Crippen molar-refractivity contribution in [3.8, 4) is 5.75 Å². The third-order valence-electron chi connectivity index (χ3n) is 7.84. The number of hydrogen-bond donors (Lipinski definition) is 0. The van der Waals surface area contributed by atoms with Gasteiger partial charge in [0.2, 0.25) is 5.82 Å². The lowest BCUT2D eigenvalue weighted by Gasteiger charge is -2.42. The van der Waals surface area contributed by atoms with E-state index in [1.807, 2.05) is 6.92 Å². The molecule has 4 rings (SSSR count). The molecule has 4 unspecified atom stereocenters. The number of carbonyl (C=O) groups is 1. The number of aryl methyl sites for hydroxylation is 1. The Balaban J connectivity index is 1.47. The summed E-state index contributed by atoms with van der Waals surface area (Å²) in [7, 11) is 0. The highest BCUT2D eigenvalue weighted by molar-refractivity contribution is 5.91. The van der Waals surface area contributed by atoms with Gasteiger partial charge in [0.1, 0.15) is 0 Å². The molecule has 2 nitrogen and oxygen atoms in total. The zero-order valence-corrected chi connectivity index (χ0v) is 20.5. The number of rotatable bonds is 7. The number of benzene rings is 2. The fourth-order valence-corrected chi connectivity index (χ4v) is 5.95. The smallest absolute Gasteiger partial charge is 0.346 e. The van der Waals surface area contributed by atoms with Gasteiger partial charge >= 0.3 is 5.97 Å². The van der Waals surface area contributed by atoms with E-state index in [4.69, 9.17) is 4.74 Å². The summed E-state index contributed by atoms with van der Waals surface area (Å²) in [6, 6.07) is 5.02. The average molecular weight is 501 g/mol. The van der Waals surface area contributed by atoms with Crippen molar-refractivity contribution in [3.05, 3.63) is 89.0 Å². The van der Waals surface area contributed by atoms with Crippen molar-refractivity contribution in [2.24, 2.45) is 17.8 Å². The van der Waals surface area contributed by atoms with Crippen LogP contribution in [0.2, 0.25) is 0 Å². The van der Waals surface area contributed by atoms with Gasteiger partial charge in [-0.3, -0.25) is 0 Å². The fourth-order valence-electron chi connectivity index (χ4n) is 5.95. The van der Waals surface area contributed by atoms with Crippen LogP contribution in [0, 0.1) is 41.0 Å². The van der Waals surface area contributed by atoms with E-state index >= 15 is 4.39 Å². The molecule has 2 fully saturated rings. The Morgan fingerprint density at radius 1 is 0.944 bits per heavy atom. The van der Waals surface area contributed by atoms with E-state index in [-0.39, 0.29) is 23.5 Å². The van der Waals surface area contributed by atoms with E-state index < -0.39 is 40.6 Å². The van der Waals surface area contributed by atoms with Crippen LogP contribution in [0.3, 0.4) is 0 Å². The van der Waals surface area contributed by atoms with Gasteiger partial charge in [-0.1, -0.05) is 30.4 Å². The number of fused-ring (bicyclic) bond motifs is 1. The molecule has 2 saturated carbocycles. The first kappa shape index (κ1) is 26.2. The van der Waals surface area contributed by atoms with E-state index in [1.165, 1.54) is 18.2 Å². The summed E-state index contributed by atoms with van der Waals surface area (Å²) in [6.45, 7) is 5.58. The van der Waals surface area contributed by atoms with Gasteiger partial charge in [-0.2, -0.15) is 4.39 Å². The number of allylic oxidation sites excluding steroid dienone is 3. The molecule has 4 atom stereocenters. The molecule has 6 heteroatoms. The Hall–Kier alpha value is -2.89. The van der Waals surface area contributed by atoms with Crippen LogP contribution in [0.4, 0.5) is 17.6 Å². The second kappa shape index (κ2) is 11.4. The third kappa shape index (κ3) is 5.42. The van der Waals surface area contributed by atoms with Gasteiger partial charge in [0.15, 0.2) is 23.2 Å². The largest absolute Gasteiger partial charge is 0.420 e. The van der Waals surface area contributed by atoms with Crippen LogP contribution in [0.1, 0.15) is 79.3 Å². The lowest BCUT2D eigenvalue weighted by Crippen LogP contribution is -2.30. The van der Waals surface area contributed by atoms with Crippen LogP contribution in [0.5, 0.6) is 5.75 Å². The summed E-state index contributed by atoms with van der Waals surface area (Å²) in [5.41, 5.74) is -0.270. The average Bonchev–Trinajstić information content (AvgIpc) is 2.88. The van der Waals surface area contributed by atoms with Crippen LogP contribution in [-0.2, 0) is 6.42 Å². The summed E-state index contributed by atoms with van der Waals surface area (Å²) in [5.74, 6) is -5.23. The van der Waals surface area contributed by atoms with Crippen LogP contribution < -0.4 is 4.74 Å². The first-order chi connectivity index (χ1) is 17.3. The number of carbonyl (C=O) groups excluding carboxylic acids is 1. The fraction of sp³-hybridized carbons (Fsp3) is 0.433. The topological polar surface area (TPSA) is 26.3 Å². The number of hydrogen-bond acceptors (Lipinski definition) is 2. The molecule has 0 saturated heterocycles. The summed E-state index contributed by atoms with van der Waals surface area (Å²) in [6.07, 6.45) is 12.5. The van der Waals surface area contributed by atoms with Gasteiger partial charge in [-0.05, 0) is 105 Å². The minimum absolute atomic E-state index is 0.110. The number of halogens is 4. The van der Waals surface area contributed by atoms with E-state index in [9.17, 15) is 18.0 Å². The molecule has 0 aromatic heterocycles. The number of esters is 1. The molecule has 2 aromatic rings. The molecular formula is C30H32F4O2. The number of ether oxygens (including phenoxy) is 1. The molecule has 0 bridgehead atoms. The second-order valence-electron chi connectivity index (χ2n) is 10.0. The first-order valence-electron chi connectivity index (χ1n) is 12.7. The first-order valence-corrected chi connectivity index (χ1v) is 12.7. The van der Waals surface area contributed by atoms with Gasteiger partial charge in [-0.15, -0.1) is 6.58 Å². The Morgan fingerprint density at radius 2 is 1.69 bits per heavy atom. The van der Waals surface area contributed by atoms with Gasteiger partial charge in [0.25, 0.3) is 0 Å². The van der Waals surface area contributed by atoms with Crippen molar-refractivity contribution >= 4 is 5.97 Å². The molecule has 192 valence electrons. The van der Waals surface area contributed by atoms with Gasteiger partial charge in [-0.25, -0.2) is 18.0 Å². The van der Waals surface area contributed by atoms with Crippen molar-refractivity contribution in [2.45, 2.75) is 64.2 Å². The molecular weight excluding hydrogens is 468 g/mol. The second-order valence-corrected chi connectivity index (χ2v) is 10.0. The lowest BCUT2D eigenvalue weighted by atomic mass is 9.64. The lowest BCUT2D eigenvalue weighted by molar-refractivity contribution is 0.0720. The zero-order chi connectivity index (χ0) is 25.8. The maximum absolute atomic E-state index is 15.1. The highest BCUT2D eigenvalue weighted by Crippen LogP contribution is 2.48. The molecule has 0 heterocycles. The predicted molar refractivity (Wildman–Crippen MR) is 132 cm³/mol. The standard InChI is InChI=1S/C30H32F4O2/c1-3-5-7-19-12-15-25(29(34)26(19)31)36-30(35)24-14-13-23(27(32)28(24)33)22-11-10-20-16-18(6-4-2)8-9-21(20)17-22/h3-4,6,12-15,18,20-22H,1,5,7-11,16-17H2,2H3/b6-4+. The van der Waals surface area contributed by atoms with E-state index in [0.29, 0.717) is 24.2 Å². The normalized spacial score (nSPS) is 23.9. The molecule has 2 aromatic carbocycles. The zero-order valence-electron chi connectivity index (χ0n) is 20.5. The Kier molecular flexibility index (Phi) is 8.32. The monoisotopic (exact) mass is 500 g/mol. The van der Waals surface area contributed by atoms with Gasteiger partial charge in [0.05, 0.1) is 5.56 Å². The Bertz CT molecular complexity index is 1160. The minimum Gasteiger partial charge on any atom is -0.420 e. The van der Waals surface area contributed by atoms with Crippen molar-refractivity contribution in [2.75, 3.05) is 0 Å². The SMILES string of the molecule is C=CCCc1ccc(OC(=O)c2ccc(C3CCC4CC(/C=C/C)CCC4C3)c(F)c2F)c(F)c1F. The molecule has 0 radical (unpaired) electrons. The molecule has 36 heavy (non-hydrogen) atoms. The summed E-state index contributed by atoms with van der Waals surface area (Å²) in [5, 5.41) is 0. The predicted octanol–water partition coefficient (Wildman–Crippen LogP) is 8.46. The Labute approximate surface area is 210 Å². The summed E-state index contributed by atoms with van der Waals surface area (Å²) >= 11 is 0. The summed E-state index contributed by atoms with van der Waals surface area (Å²) < 4.78 is 63.7. The van der Waals surface area contributed by atoms with Crippen LogP contribution in [-0.4, -0.2) is 5.97 Å². The molecule has 0 N–H and O–H groups in total. The maximum Gasteiger partial charge on any atom is 0.346 e. The van der Waals surface area contributed by atoms with E-state index in [1.54, 1.807) is 6.08 Å². The van der Waals surface area contributed by atoms with E-state index in [2.05, 4.69) is 18.7 Å². The molecule has 2 aliphatic rings.